The first-order valence-corrected chi connectivity index (χ1v) is 7.70. The highest BCUT2D eigenvalue weighted by Gasteiger charge is 2.20. The van der Waals surface area contributed by atoms with Crippen LogP contribution in [0.5, 0.6) is 0 Å². The Morgan fingerprint density at radius 2 is 2.05 bits per heavy atom. The van der Waals surface area contributed by atoms with Crippen molar-refractivity contribution in [2.75, 3.05) is 6.54 Å². The second kappa shape index (κ2) is 8.05. The predicted octanol–water partition coefficient (Wildman–Crippen LogP) is 2.76. The number of hydrogen-bond acceptors (Lipinski definition) is 3. The molecule has 120 valence electrons. The van der Waals surface area contributed by atoms with Crippen LogP contribution in [0.25, 0.3) is 0 Å². The van der Waals surface area contributed by atoms with Crippen molar-refractivity contribution in [1.29, 1.82) is 0 Å². The van der Waals surface area contributed by atoms with Crippen LogP contribution in [0.4, 0.5) is 4.79 Å². The zero-order valence-corrected chi connectivity index (χ0v) is 13.6. The fourth-order valence-electron chi connectivity index (χ4n) is 2.17. The topological polar surface area (TPSA) is 67.4 Å². The van der Waals surface area contributed by atoms with Gasteiger partial charge in [0, 0.05) is 18.5 Å². The average Bonchev–Trinajstić information content (AvgIpc) is 2.37. The van der Waals surface area contributed by atoms with Gasteiger partial charge >= 0.3 is 6.09 Å². The van der Waals surface area contributed by atoms with Crippen LogP contribution in [-0.4, -0.2) is 30.2 Å². The lowest BCUT2D eigenvalue weighted by atomic mass is 9.93. The molecule has 0 saturated carbocycles. The lowest BCUT2D eigenvalue weighted by Crippen LogP contribution is -2.40. The molecule has 1 rings (SSSR count). The Hall–Kier alpha value is -1.52. The molecule has 2 atom stereocenters. The molecule has 0 spiro atoms. The van der Waals surface area contributed by atoms with Crippen molar-refractivity contribution in [3.8, 4) is 0 Å². The average molecular weight is 296 g/mol. The smallest absolute Gasteiger partial charge is 0.407 e. The molecule has 21 heavy (non-hydrogen) atoms. The van der Waals surface area contributed by atoms with Gasteiger partial charge in [0.05, 0.1) is 0 Å². The molecule has 0 radical (unpaired) electrons. The van der Waals surface area contributed by atoms with Gasteiger partial charge in [-0.1, -0.05) is 12.2 Å². The first-order chi connectivity index (χ1) is 9.78. The maximum absolute atomic E-state index is 12.0. The summed E-state index contributed by atoms with van der Waals surface area (Å²) in [5, 5.41) is 5.71. The van der Waals surface area contributed by atoms with Crippen LogP contribution in [0.1, 0.15) is 53.4 Å². The van der Waals surface area contributed by atoms with Gasteiger partial charge in [0.25, 0.3) is 0 Å². The summed E-state index contributed by atoms with van der Waals surface area (Å²) in [6, 6.07) is 0.0401. The number of allylic oxidation sites excluding steroid dienone is 2. The summed E-state index contributed by atoms with van der Waals surface area (Å²) in [5.41, 5.74) is -0.488. The third-order valence-electron chi connectivity index (χ3n) is 3.27. The number of rotatable bonds is 5. The van der Waals surface area contributed by atoms with Crippen LogP contribution >= 0.6 is 0 Å². The number of ether oxygens (including phenoxy) is 1. The summed E-state index contributed by atoms with van der Waals surface area (Å²) >= 11 is 0. The van der Waals surface area contributed by atoms with Crippen LogP contribution in [0.15, 0.2) is 12.2 Å². The number of nitrogens with one attached hydrogen (secondary N) is 2. The minimum absolute atomic E-state index is 0.0401. The van der Waals surface area contributed by atoms with E-state index in [0.29, 0.717) is 13.0 Å². The first kappa shape index (κ1) is 17.5. The standard InChI is InChI=1S/C16H28N2O3/c1-12(10-11-17-15(20)21-16(2,3)4)18-14(19)13-8-6-5-7-9-13/h5-6,12-13H,7-11H2,1-4H3,(H,17,20)(H,18,19)/t12-,13-/m0/s1. The summed E-state index contributed by atoms with van der Waals surface area (Å²) in [5.74, 6) is 0.209. The van der Waals surface area contributed by atoms with E-state index in [0.717, 1.165) is 19.3 Å². The summed E-state index contributed by atoms with van der Waals surface area (Å²) in [6.07, 6.45) is 7.19. The van der Waals surface area contributed by atoms with Crippen molar-refractivity contribution in [3.05, 3.63) is 12.2 Å². The molecule has 0 unspecified atom stereocenters. The Balaban J connectivity index is 2.19. The Morgan fingerprint density at radius 1 is 1.33 bits per heavy atom. The molecule has 0 aromatic rings. The second-order valence-corrected chi connectivity index (χ2v) is 6.61. The Kier molecular flexibility index (Phi) is 6.72. The molecule has 1 aliphatic rings. The number of alkyl carbamates (subject to hydrolysis) is 1. The zero-order chi connectivity index (χ0) is 15.9. The third-order valence-corrected chi connectivity index (χ3v) is 3.27. The molecule has 1 aliphatic carbocycles. The van der Waals surface area contributed by atoms with E-state index in [2.05, 4.69) is 22.8 Å². The van der Waals surface area contributed by atoms with Gasteiger partial charge in [-0.3, -0.25) is 4.79 Å². The molecule has 0 saturated heterocycles. The van der Waals surface area contributed by atoms with E-state index in [1.54, 1.807) is 0 Å². The molecule has 2 amide bonds. The number of carbonyl (C=O) groups excluding carboxylic acids is 2. The van der Waals surface area contributed by atoms with Crippen molar-refractivity contribution >= 4 is 12.0 Å². The minimum Gasteiger partial charge on any atom is -0.444 e. The highest BCUT2D eigenvalue weighted by atomic mass is 16.6. The van der Waals surface area contributed by atoms with Gasteiger partial charge in [-0.2, -0.15) is 0 Å². The van der Waals surface area contributed by atoms with Gasteiger partial charge in [0.15, 0.2) is 0 Å². The molecule has 2 N–H and O–H groups in total. The molecular formula is C16H28N2O3. The molecule has 0 aliphatic heterocycles. The second-order valence-electron chi connectivity index (χ2n) is 6.61. The predicted molar refractivity (Wildman–Crippen MR) is 82.9 cm³/mol. The summed E-state index contributed by atoms with van der Waals surface area (Å²) in [4.78, 5) is 23.5. The summed E-state index contributed by atoms with van der Waals surface area (Å²) in [7, 11) is 0. The van der Waals surface area contributed by atoms with Crippen LogP contribution in [0, 0.1) is 5.92 Å². The highest BCUT2D eigenvalue weighted by Crippen LogP contribution is 2.18. The van der Waals surface area contributed by atoms with Crippen molar-refractivity contribution in [3.63, 3.8) is 0 Å². The van der Waals surface area contributed by atoms with Crippen molar-refractivity contribution in [2.24, 2.45) is 5.92 Å². The van der Waals surface area contributed by atoms with E-state index in [1.807, 2.05) is 27.7 Å². The fourth-order valence-corrected chi connectivity index (χ4v) is 2.17. The van der Waals surface area contributed by atoms with Gasteiger partial charge in [-0.15, -0.1) is 0 Å². The van der Waals surface area contributed by atoms with Gasteiger partial charge in [-0.25, -0.2) is 4.79 Å². The maximum Gasteiger partial charge on any atom is 0.407 e. The monoisotopic (exact) mass is 296 g/mol. The molecule has 5 nitrogen and oxygen atoms in total. The normalized spacial score (nSPS) is 19.7. The molecule has 5 heteroatoms. The zero-order valence-electron chi connectivity index (χ0n) is 13.6. The molecule has 0 heterocycles. The summed E-state index contributed by atoms with van der Waals surface area (Å²) in [6.45, 7) is 7.92. The van der Waals surface area contributed by atoms with E-state index >= 15 is 0 Å². The molecule has 0 fully saturated rings. The SMILES string of the molecule is C[C@@H](CCNC(=O)OC(C)(C)C)NC(=O)[C@H]1CC=CCC1. The van der Waals surface area contributed by atoms with E-state index in [-0.39, 0.29) is 17.9 Å². The Bertz CT molecular complexity index is 385. The molecular weight excluding hydrogens is 268 g/mol. The van der Waals surface area contributed by atoms with Crippen LogP contribution in [-0.2, 0) is 9.53 Å². The van der Waals surface area contributed by atoms with Crippen LogP contribution < -0.4 is 10.6 Å². The van der Waals surface area contributed by atoms with Crippen LogP contribution in [0.2, 0.25) is 0 Å². The largest absolute Gasteiger partial charge is 0.444 e. The van der Waals surface area contributed by atoms with Crippen molar-refractivity contribution in [1.82, 2.24) is 10.6 Å². The minimum atomic E-state index is -0.488. The van der Waals surface area contributed by atoms with Crippen molar-refractivity contribution < 1.29 is 14.3 Å². The van der Waals surface area contributed by atoms with Crippen LogP contribution in [0.3, 0.4) is 0 Å². The van der Waals surface area contributed by atoms with Gasteiger partial charge < -0.3 is 15.4 Å². The Morgan fingerprint density at radius 3 is 2.62 bits per heavy atom. The molecule has 0 aromatic heterocycles. The van der Waals surface area contributed by atoms with Gasteiger partial charge in [0.2, 0.25) is 5.91 Å². The Labute approximate surface area is 127 Å². The van der Waals surface area contributed by atoms with E-state index < -0.39 is 11.7 Å². The molecule has 0 aromatic carbocycles. The van der Waals surface area contributed by atoms with Crippen molar-refractivity contribution in [2.45, 2.75) is 65.0 Å². The molecule has 0 bridgehead atoms. The van der Waals surface area contributed by atoms with Gasteiger partial charge in [-0.05, 0) is 53.4 Å². The third kappa shape index (κ3) is 7.73. The number of amides is 2. The van der Waals surface area contributed by atoms with Gasteiger partial charge in [0.1, 0.15) is 5.60 Å². The lowest BCUT2D eigenvalue weighted by molar-refractivity contribution is -0.125. The van der Waals surface area contributed by atoms with E-state index in [9.17, 15) is 9.59 Å². The summed E-state index contributed by atoms with van der Waals surface area (Å²) < 4.78 is 5.15. The van der Waals surface area contributed by atoms with E-state index in [4.69, 9.17) is 4.74 Å². The quantitative estimate of drug-likeness (QED) is 0.767. The maximum atomic E-state index is 12.0. The highest BCUT2D eigenvalue weighted by molar-refractivity contribution is 5.79. The lowest BCUT2D eigenvalue weighted by Gasteiger charge is -2.22. The number of hydrogen-bond donors (Lipinski definition) is 2. The number of carbonyl (C=O) groups is 2. The fraction of sp³-hybridized carbons (Fsp3) is 0.750. The van der Waals surface area contributed by atoms with E-state index in [1.165, 1.54) is 0 Å². The first-order valence-electron chi connectivity index (χ1n) is 7.70.